The van der Waals surface area contributed by atoms with Crippen molar-refractivity contribution < 1.29 is 8.42 Å². The van der Waals surface area contributed by atoms with Crippen LogP contribution in [0.2, 0.25) is 0 Å². The van der Waals surface area contributed by atoms with E-state index < -0.39 is 10.0 Å². The smallest absolute Gasteiger partial charge is 0.207 e. The third-order valence-electron chi connectivity index (χ3n) is 6.87. The molecule has 0 N–H and O–H groups in total. The van der Waals surface area contributed by atoms with Gasteiger partial charge in [0.15, 0.2) is 0 Å². The van der Waals surface area contributed by atoms with Crippen molar-refractivity contribution >= 4 is 15.6 Å². The van der Waals surface area contributed by atoms with Crippen LogP contribution in [0.15, 0.2) is 65.1 Å². The van der Waals surface area contributed by atoms with E-state index in [-0.39, 0.29) is 5.41 Å². The fourth-order valence-corrected chi connectivity index (χ4v) is 6.92. The van der Waals surface area contributed by atoms with Crippen molar-refractivity contribution in [1.29, 1.82) is 0 Å². The van der Waals surface area contributed by atoms with Gasteiger partial charge in [-0.3, -0.25) is 0 Å². The van der Waals surface area contributed by atoms with Crippen LogP contribution in [0.5, 0.6) is 0 Å². The molecule has 0 aromatic heterocycles. The lowest BCUT2D eigenvalue weighted by molar-refractivity contribution is 0.201. The standard InChI is InChI=1S/C23H25NO2S/c1-17-7-9-20(10-8-17)27(25,26)24-15-21-22(18-5-3-2-4-6-18)19-11-13-23(21,16-24)14-12-19/h2-10,19H,11-16H2,1H3. The Bertz CT molecular complexity index is 998. The molecule has 2 fully saturated rings. The van der Waals surface area contributed by atoms with Gasteiger partial charge in [-0.15, -0.1) is 0 Å². The van der Waals surface area contributed by atoms with Gasteiger partial charge in [0.1, 0.15) is 0 Å². The molecule has 1 aliphatic heterocycles. The van der Waals surface area contributed by atoms with Gasteiger partial charge in [0.25, 0.3) is 0 Å². The van der Waals surface area contributed by atoms with Crippen LogP contribution in [0.4, 0.5) is 0 Å². The van der Waals surface area contributed by atoms with Crippen molar-refractivity contribution in [1.82, 2.24) is 4.31 Å². The fourth-order valence-electron chi connectivity index (χ4n) is 5.43. The summed E-state index contributed by atoms with van der Waals surface area (Å²) in [5, 5.41) is 0. The molecule has 0 radical (unpaired) electrons. The molecule has 4 aliphatic rings. The molecule has 1 saturated heterocycles. The Morgan fingerprint density at radius 2 is 1.63 bits per heavy atom. The maximum absolute atomic E-state index is 13.3. The van der Waals surface area contributed by atoms with Crippen LogP contribution in [0.25, 0.3) is 5.57 Å². The highest BCUT2D eigenvalue weighted by Gasteiger charge is 2.53. The molecule has 2 bridgehead atoms. The van der Waals surface area contributed by atoms with Gasteiger partial charge in [-0.25, -0.2) is 8.42 Å². The largest absolute Gasteiger partial charge is 0.243 e. The number of aryl methyl sites for hydroxylation is 1. The second-order valence-electron chi connectivity index (χ2n) is 8.40. The Balaban J connectivity index is 1.58. The molecule has 27 heavy (non-hydrogen) atoms. The molecule has 0 amide bonds. The van der Waals surface area contributed by atoms with Crippen molar-refractivity contribution in [2.45, 2.75) is 37.5 Å². The molecule has 0 atom stereocenters. The first kappa shape index (κ1) is 17.2. The molecule has 3 aliphatic carbocycles. The lowest BCUT2D eigenvalue weighted by Gasteiger charge is -2.46. The SMILES string of the molecule is Cc1ccc(S(=O)(=O)N2CC3=C(c4ccccc4)C4CCC3(CC4)C2)cc1. The average molecular weight is 380 g/mol. The van der Waals surface area contributed by atoms with Crippen molar-refractivity contribution in [2.24, 2.45) is 11.3 Å². The number of allylic oxidation sites excluding steroid dienone is 1. The van der Waals surface area contributed by atoms with Crippen molar-refractivity contribution in [3.8, 4) is 0 Å². The average Bonchev–Trinajstić information content (AvgIpc) is 3.09. The lowest BCUT2D eigenvalue weighted by Crippen LogP contribution is -2.38. The molecule has 1 saturated carbocycles. The molecule has 2 aromatic carbocycles. The summed E-state index contributed by atoms with van der Waals surface area (Å²) in [5.41, 5.74) is 5.25. The minimum Gasteiger partial charge on any atom is -0.207 e. The number of hydrogen-bond donors (Lipinski definition) is 0. The summed E-state index contributed by atoms with van der Waals surface area (Å²) in [7, 11) is -3.45. The molecule has 4 heteroatoms. The van der Waals surface area contributed by atoms with E-state index in [4.69, 9.17) is 0 Å². The fraction of sp³-hybridized carbons (Fsp3) is 0.391. The third-order valence-corrected chi connectivity index (χ3v) is 8.68. The first-order chi connectivity index (χ1) is 13.0. The van der Waals surface area contributed by atoms with E-state index in [0.29, 0.717) is 23.9 Å². The predicted octanol–water partition coefficient (Wildman–Crippen LogP) is 4.64. The third kappa shape index (κ3) is 2.61. The number of sulfonamides is 1. The summed E-state index contributed by atoms with van der Waals surface area (Å²) >= 11 is 0. The van der Waals surface area contributed by atoms with Crippen LogP contribution in [0.3, 0.4) is 0 Å². The summed E-state index contributed by atoms with van der Waals surface area (Å²) in [6, 6.07) is 17.9. The summed E-state index contributed by atoms with van der Waals surface area (Å²) in [6.07, 6.45) is 4.63. The molecular formula is C23H25NO2S. The number of nitrogens with zero attached hydrogens (tertiary/aromatic N) is 1. The maximum atomic E-state index is 13.3. The monoisotopic (exact) mass is 379 g/mol. The van der Waals surface area contributed by atoms with Crippen LogP contribution >= 0.6 is 0 Å². The zero-order valence-corrected chi connectivity index (χ0v) is 16.5. The van der Waals surface area contributed by atoms with Crippen LogP contribution in [-0.4, -0.2) is 25.8 Å². The van der Waals surface area contributed by atoms with E-state index in [9.17, 15) is 8.42 Å². The van der Waals surface area contributed by atoms with Gasteiger partial charge < -0.3 is 0 Å². The molecular weight excluding hydrogens is 354 g/mol. The lowest BCUT2D eigenvalue weighted by atomic mass is 9.58. The Morgan fingerprint density at radius 1 is 0.963 bits per heavy atom. The van der Waals surface area contributed by atoms with E-state index in [2.05, 4.69) is 24.3 Å². The first-order valence-corrected chi connectivity index (χ1v) is 11.3. The highest BCUT2D eigenvalue weighted by atomic mass is 32.2. The normalized spacial score (nSPS) is 27.8. The number of fused-ring (bicyclic) bond motifs is 2. The minimum absolute atomic E-state index is 0.0533. The van der Waals surface area contributed by atoms with Crippen LogP contribution < -0.4 is 0 Å². The Hall–Kier alpha value is -1.91. The van der Waals surface area contributed by atoms with Gasteiger partial charge in [0, 0.05) is 18.5 Å². The van der Waals surface area contributed by atoms with E-state index in [1.807, 2.05) is 25.1 Å². The van der Waals surface area contributed by atoms with Gasteiger partial charge in [0.05, 0.1) is 4.90 Å². The van der Waals surface area contributed by atoms with Crippen LogP contribution in [0.1, 0.15) is 36.8 Å². The van der Waals surface area contributed by atoms with E-state index >= 15 is 0 Å². The molecule has 1 spiro atoms. The topological polar surface area (TPSA) is 37.4 Å². The predicted molar refractivity (Wildman–Crippen MR) is 108 cm³/mol. The summed E-state index contributed by atoms with van der Waals surface area (Å²) in [6.45, 7) is 3.17. The summed E-state index contributed by atoms with van der Waals surface area (Å²) in [4.78, 5) is 0.416. The zero-order chi connectivity index (χ0) is 18.6. The number of hydrogen-bond acceptors (Lipinski definition) is 2. The van der Waals surface area contributed by atoms with Crippen molar-refractivity contribution in [2.75, 3.05) is 13.1 Å². The first-order valence-electron chi connectivity index (χ1n) is 9.85. The Kier molecular flexibility index (Phi) is 3.85. The van der Waals surface area contributed by atoms with Gasteiger partial charge in [-0.2, -0.15) is 4.31 Å². The molecule has 6 rings (SSSR count). The molecule has 0 unspecified atom stereocenters. The maximum Gasteiger partial charge on any atom is 0.243 e. The second kappa shape index (κ2) is 6.05. The molecule has 3 nitrogen and oxygen atoms in total. The van der Waals surface area contributed by atoms with Gasteiger partial charge in [-0.1, -0.05) is 48.0 Å². The quantitative estimate of drug-likeness (QED) is 0.779. The van der Waals surface area contributed by atoms with Crippen LogP contribution in [-0.2, 0) is 10.0 Å². The Morgan fingerprint density at radius 3 is 2.30 bits per heavy atom. The molecule has 2 aromatic rings. The Labute approximate surface area is 161 Å². The summed E-state index contributed by atoms with van der Waals surface area (Å²) in [5.74, 6) is 0.589. The number of benzene rings is 2. The van der Waals surface area contributed by atoms with Crippen molar-refractivity contribution in [3.05, 3.63) is 71.3 Å². The van der Waals surface area contributed by atoms with E-state index in [0.717, 1.165) is 18.4 Å². The zero-order valence-electron chi connectivity index (χ0n) is 15.7. The molecule has 1 heterocycles. The second-order valence-corrected chi connectivity index (χ2v) is 10.3. The van der Waals surface area contributed by atoms with Gasteiger partial charge >= 0.3 is 0 Å². The molecule has 140 valence electrons. The highest BCUT2D eigenvalue weighted by molar-refractivity contribution is 7.89. The van der Waals surface area contributed by atoms with E-state index in [1.165, 1.54) is 29.6 Å². The summed E-state index contributed by atoms with van der Waals surface area (Å²) < 4.78 is 28.4. The van der Waals surface area contributed by atoms with Gasteiger partial charge in [0.2, 0.25) is 10.0 Å². The van der Waals surface area contributed by atoms with E-state index in [1.54, 1.807) is 16.4 Å². The minimum atomic E-state index is -3.45. The number of rotatable bonds is 3. The highest BCUT2D eigenvalue weighted by Crippen LogP contribution is 2.59. The van der Waals surface area contributed by atoms with Crippen LogP contribution in [0, 0.1) is 18.3 Å². The van der Waals surface area contributed by atoms with Gasteiger partial charge in [-0.05, 0) is 67.4 Å². The van der Waals surface area contributed by atoms with Crippen molar-refractivity contribution in [3.63, 3.8) is 0 Å².